The fourth-order valence-electron chi connectivity index (χ4n) is 1.18. The van der Waals surface area contributed by atoms with Crippen LogP contribution in [0.15, 0.2) is 0 Å². The van der Waals surface area contributed by atoms with Gasteiger partial charge in [-0.25, -0.2) is 4.68 Å². The van der Waals surface area contributed by atoms with E-state index in [2.05, 4.69) is 15.5 Å². The lowest BCUT2D eigenvalue weighted by atomic mass is 10.5. The van der Waals surface area contributed by atoms with Gasteiger partial charge >= 0.3 is 5.97 Å². The first kappa shape index (κ1) is 11.4. The van der Waals surface area contributed by atoms with Crippen LogP contribution >= 0.6 is 0 Å². The number of aryl methyl sites for hydroxylation is 1. The lowest BCUT2D eigenvalue weighted by molar-refractivity contribution is -0.141. The SMILES string of the molecule is CCOC(=O)CN(CC)c1nnnn1C. The number of hydrogen-bond donors (Lipinski definition) is 0. The maximum absolute atomic E-state index is 11.3. The van der Waals surface area contributed by atoms with E-state index in [4.69, 9.17) is 4.74 Å². The normalized spacial score (nSPS) is 10.1. The molecule has 0 bridgehead atoms. The Bertz CT molecular complexity index is 325. The van der Waals surface area contributed by atoms with Gasteiger partial charge < -0.3 is 9.64 Å². The van der Waals surface area contributed by atoms with Gasteiger partial charge in [0.25, 0.3) is 0 Å². The average Bonchev–Trinajstić information content (AvgIpc) is 2.61. The molecule has 15 heavy (non-hydrogen) atoms. The van der Waals surface area contributed by atoms with Gasteiger partial charge in [0.05, 0.1) is 6.61 Å². The summed E-state index contributed by atoms with van der Waals surface area (Å²) in [6.07, 6.45) is 0. The highest BCUT2D eigenvalue weighted by molar-refractivity contribution is 5.74. The molecular formula is C8H15N5O2. The molecule has 0 radical (unpaired) electrons. The molecule has 7 heteroatoms. The molecule has 0 aliphatic heterocycles. The van der Waals surface area contributed by atoms with Crippen molar-refractivity contribution in [3.05, 3.63) is 0 Å². The Labute approximate surface area is 88.0 Å². The highest BCUT2D eigenvalue weighted by atomic mass is 16.5. The van der Waals surface area contributed by atoms with E-state index in [1.54, 1.807) is 18.9 Å². The van der Waals surface area contributed by atoms with Crippen molar-refractivity contribution >= 4 is 11.9 Å². The van der Waals surface area contributed by atoms with E-state index in [0.29, 0.717) is 19.1 Å². The molecule has 0 fully saturated rings. The molecule has 1 aromatic heterocycles. The van der Waals surface area contributed by atoms with Gasteiger partial charge in [0.2, 0.25) is 5.95 Å². The predicted molar refractivity (Wildman–Crippen MR) is 53.3 cm³/mol. The Morgan fingerprint density at radius 1 is 1.53 bits per heavy atom. The number of aromatic nitrogens is 4. The van der Waals surface area contributed by atoms with Crippen molar-refractivity contribution < 1.29 is 9.53 Å². The van der Waals surface area contributed by atoms with Crippen molar-refractivity contribution in [2.75, 3.05) is 24.6 Å². The molecule has 0 spiro atoms. The summed E-state index contributed by atoms with van der Waals surface area (Å²) in [4.78, 5) is 13.0. The minimum absolute atomic E-state index is 0.165. The Morgan fingerprint density at radius 2 is 2.27 bits per heavy atom. The average molecular weight is 213 g/mol. The van der Waals surface area contributed by atoms with Gasteiger partial charge in [-0.1, -0.05) is 5.10 Å². The van der Waals surface area contributed by atoms with Crippen molar-refractivity contribution in [3.63, 3.8) is 0 Å². The van der Waals surface area contributed by atoms with Gasteiger partial charge in [0, 0.05) is 13.6 Å². The smallest absolute Gasteiger partial charge is 0.325 e. The molecule has 0 atom stereocenters. The highest BCUT2D eigenvalue weighted by Crippen LogP contribution is 2.05. The van der Waals surface area contributed by atoms with Crippen molar-refractivity contribution in [2.45, 2.75) is 13.8 Å². The molecule has 7 nitrogen and oxygen atoms in total. The number of esters is 1. The summed E-state index contributed by atoms with van der Waals surface area (Å²) in [6.45, 7) is 4.89. The lowest BCUT2D eigenvalue weighted by Gasteiger charge is -2.18. The van der Waals surface area contributed by atoms with Gasteiger partial charge in [-0.15, -0.1) is 0 Å². The van der Waals surface area contributed by atoms with Gasteiger partial charge in [0.1, 0.15) is 6.54 Å². The number of carbonyl (C=O) groups is 1. The number of hydrogen-bond acceptors (Lipinski definition) is 6. The van der Waals surface area contributed by atoms with Gasteiger partial charge in [-0.05, 0) is 24.3 Å². The zero-order chi connectivity index (χ0) is 11.3. The molecule has 1 aromatic rings. The number of nitrogens with zero attached hydrogens (tertiary/aromatic N) is 5. The van der Waals surface area contributed by atoms with Crippen molar-refractivity contribution in [3.8, 4) is 0 Å². The molecule has 0 aromatic carbocycles. The number of rotatable bonds is 5. The second-order valence-electron chi connectivity index (χ2n) is 2.92. The molecule has 0 saturated carbocycles. The van der Waals surface area contributed by atoms with Crippen LogP contribution in [0.5, 0.6) is 0 Å². The Kier molecular flexibility index (Phi) is 4.02. The van der Waals surface area contributed by atoms with E-state index >= 15 is 0 Å². The monoisotopic (exact) mass is 213 g/mol. The molecule has 1 rings (SSSR count). The van der Waals surface area contributed by atoms with Crippen LogP contribution in [0.25, 0.3) is 0 Å². The van der Waals surface area contributed by atoms with Crippen molar-refractivity contribution in [1.82, 2.24) is 20.2 Å². The van der Waals surface area contributed by atoms with E-state index in [0.717, 1.165) is 0 Å². The fraction of sp³-hybridized carbons (Fsp3) is 0.750. The number of likely N-dealkylation sites (N-methyl/N-ethyl adjacent to an activating group) is 1. The predicted octanol–water partition coefficient (Wildman–Crippen LogP) is -0.401. The molecule has 1 heterocycles. The van der Waals surface area contributed by atoms with Crippen LogP contribution in [0.3, 0.4) is 0 Å². The highest BCUT2D eigenvalue weighted by Gasteiger charge is 2.15. The first-order valence-electron chi connectivity index (χ1n) is 4.82. The first-order chi connectivity index (χ1) is 7.19. The third-order valence-electron chi connectivity index (χ3n) is 1.89. The lowest BCUT2D eigenvalue weighted by Crippen LogP contribution is -2.32. The molecule has 0 amide bonds. The fourth-order valence-corrected chi connectivity index (χ4v) is 1.18. The van der Waals surface area contributed by atoms with E-state index in [-0.39, 0.29) is 12.5 Å². The van der Waals surface area contributed by atoms with Crippen LogP contribution in [0.4, 0.5) is 5.95 Å². The van der Waals surface area contributed by atoms with Crippen molar-refractivity contribution in [2.24, 2.45) is 7.05 Å². The largest absolute Gasteiger partial charge is 0.465 e. The number of ether oxygens (including phenoxy) is 1. The second-order valence-corrected chi connectivity index (χ2v) is 2.92. The summed E-state index contributed by atoms with van der Waals surface area (Å²) in [7, 11) is 1.73. The number of carbonyl (C=O) groups excluding carboxylic acids is 1. The standard InChI is InChI=1S/C8H15N5O2/c1-4-13(6-7(14)15-5-2)8-9-10-11-12(8)3/h4-6H2,1-3H3. The topological polar surface area (TPSA) is 73.1 Å². The van der Waals surface area contributed by atoms with Crippen LogP contribution in [-0.2, 0) is 16.6 Å². The summed E-state index contributed by atoms with van der Waals surface area (Å²) in [5, 5.41) is 11.0. The van der Waals surface area contributed by atoms with E-state index in [9.17, 15) is 4.79 Å². The molecule has 0 aliphatic carbocycles. The summed E-state index contributed by atoms with van der Waals surface area (Å²) in [5.74, 6) is 0.285. The zero-order valence-corrected chi connectivity index (χ0v) is 9.17. The van der Waals surface area contributed by atoms with Crippen LogP contribution < -0.4 is 4.90 Å². The third kappa shape index (κ3) is 2.90. The van der Waals surface area contributed by atoms with Gasteiger partial charge in [0.15, 0.2) is 0 Å². The zero-order valence-electron chi connectivity index (χ0n) is 9.17. The van der Waals surface area contributed by atoms with Crippen LogP contribution in [0.1, 0.15) is 13.8 Å². The van der Waals surface area contributed by atoms with Crippen LogP contribution in [0, 0.1) is 0 Å². The van der Waals surface area contributed by atoms with E-state index in [1.807, 2.05) is 6.92 Å². The van der Waals surface area contributed by atoms with Crippen LogP contribution in [-0.4, -0.2) is 45.9 Å². The Hall–Kier alpha value is -1.66. The molecule has 0 saturated heterocycles. The summed E-state index contributed by atoms with van der Waals surface area (Å²) in [6, 6.07) is 0. The van der Waals surface area contributed by atoms with Gasteiger partial charge in [-0.2, -0.15) is 0 Å². The first-order valence-corrected chi connectivity index (χ1v) is 4.82. The second kappa shape index (κ2) is 5.28. The maximum atomic E-state index is 11.3. The maximum Gasteiger partial charge on any atom is 0.325 e. The Balaban J connectivity index is 2.64. The summed E-state index contributed by atoms with van der Waals surface area (Å²) < 4.78 is 6.37. The van der Waals surface area contributed by atoms with E-state index in [1.165, 1.54) is 4.68 Å². The number of anilines is 1. The quantitative estimate of drug-likeness (QED) is 0.620. The van der Waals surface area contributed by atoms with Crippen molar-refractivity contribution in [1.29, 1.82) is 0 Å². The minimum atomic E-state index is -0.276. The third-order valence-corrected chi connectivity index (χ3v) is 1.89. The summed E-state index contributed by atoms with van der Waals surface area (Å²) in [5.41, 5.74) is 0. The van der Waals surface area contributed by atoms with E-state index < -0.39 is 0 Å². The Morgan fingerprint density at radius 3 is 2.73 bits per heavy atom. The van der Waals surface area contributed by atoms with Crippen LogP contribution in [0.2, 0.25) is 0 Å². The molecule has 0 unspecified atom stereocenters. The molecule has 0 N–H and O–H groups in total. The molecule has 0 aliphatic rings. The minimum Gasteiger partial charge on any atom is -0.465 e. The number of tetrazole rings is 1. The van der Waals surface area contributed by atoms with Gasteiger partial charge in [-0.3, -0.25) is 4.79 Å². The molecular weight excluding hydrogens is 198 g/mol. The summed E-state index contributed by atoms with van der Waals surface area (Å²) >= 11 is 0. The molecule has 84 valence electrons.